The SMILES string of the molecule is CC(O[Si](C)(C)C(C)(C)C)c1cnn(-c2ncc(NC(=O)C3CC(C)(C)c4c3cnc3cc(Cl)nn43)cc2Cl)n1. The van der Waals surface area contributed by atoms with E-state index in [1.54, 1.807) is 35.2 Å². The van der Waals surface area contributed by atoms with E-state index in [9.17, 15) is 4.79 Å². The van der Waals surface area contributed by atoms with Gasteiger partial charge in [-0.05, 0) is 37.5 Å². The number of nitrogens with zero attached hydrogens (tertiary/aromatic N) is 7. The molecular formula is C27H34Cl2N8O2Si. The first-order valence-corrected chi connectivity index (χ1v) is 16.9. The number of carbonyl (C=O) groups excluding carboxylic acids is 1. The van der Waals surface area contributed by atoms with Gasteiger partial charge < -0.3 is 9.74 Å². The Balaban J connectivity index is 1.33. The van der Waals surface area contributed by atoms with Crippen LogP contribution in [0.15, 0.2) is 30.7 Å². The maximum absolute atomic E-state index is 13.4. The molecule has 0 saturated heterocycles. The molecule has 1 N–H and O–H groups in total. The van der Waals surface area contributed by atoms with Crippen molar-refractivity contribution in [3.05, 3.63) is 57.9 Å². The van der Waals surface area contributed by atoms with Gasteiger partial charge in [-0.2, -0.15) is 10.2 Å². The van der Waals surface area contributed by atoms with Crippen LogP contribution < -0.4 is 5.32 Å². The lowest BCUT2D eigenvalue weighted by molar-refractivity contribution is -0.117. The fraction of sp³-hybridized carbons (Fsp3) is 0.481. The van der Waals surface area contributed by atoms with Gasteiger partial charge >= 0.3 is 0 Å². The molecular weight excluding hydrogens is 567 g/mol. The van der Waals surface area contributed by atoms with Gasteiger partial charge in [0.15, 0.2) is 24.9 Å². The molecule has 0 saturated carbocycles. The highest BCUT2D eigenvalue weighted by Crippen LogP contribution is 2.46. The van der Waals surface area contributed by atoms with Gasteiger partial charge in [0.2, 0.25) is 5.91 Å². The van der Waals surface area contributed by atoms with E-state index >= 15 is 0 Å². The summed E-state index contributed by atoms with van der Waals surface area (Å²) in [5, 5.41) is 17.0. The molecule has 0 bridgehead atoms. The van der Waals surface area contributed by atoms with Crippen molar-refractivity contribution in [1.82, 2.24) is 34.6 Å². The third-order valence-corrected chi connectivity index (χ3v) is 13.0. The molecule has 1 aliphatic rings. The number of fused-ring (bicyclic) bond motifs is 3. The highest BCUT2D eigenvalue weighted by atomic mass is 35.5. The van der Waals surface area contributed by atoms with E-state index < -0.39 is 14.2 Å². The Labute approximate surface area is 244 Å². The first kappa shape index (κ1) is 28.7. The lowest BCUT2D eigenvalue weighted by atomic mass is 9.88. The fourth-order valence-electron chi connectivity index (χ4n) is 4.92. The molecule has 0 spiro atoms. The number of carbonyl (C=O) groups is 1. The lowest BCUT2D eigenvalue weighted by Crippen LogP contribution is -2.41. The summed E-state index contributed by atoms with van der Waals surface area (Å²) in [5.41, 5.74) is 3.28. The highest BCUT2D eigenvalue weighted by Gasteiger charge is 2.43. The number of rotatable bonds is 6. The van der Waals surface area contributed by atoms with Crippen LogP contribution in [0.1, 0.15) is 76.9 Å². The van der Waals surface area contributed by atoms with Crippen molar-refractivity contribution in [3.63, 3.8) is 0 Å². The summed E-state index contributed by atoms with van der Waals surface area (Å²) in [4.78, 5) is 23.7. The molecule has 0 fully saturated rings. The summed E-state index contributed by atoms with van der Waals surface area (Å²) in [6.45, 7) is 17.2. The summed E-state index contributed by atoms with van der Waals surface area (Å²) in [6.07, 6.45) is 5.34. The van der Waals surface area contributed by atoms with Crippen molar-refractivity contribution < 1.29 is 9.22 Å². The van der Waals surface area contributed by atoms with Crippen LogP contribution in [0.25, 0.3) is 11.5 Å². The van der Waals surface area contributed by atoms with Crippen LogP contribution >= 0.6 is 23.2 Å². The Morgan fingerprint density at radius 3 is 2.55 bits per heavy atom. The molecule has 4 aromatic heterocycles. The maximum atomic E-state index is 13.4. The normalized spacial score (nSPS) is 17.7. The second-order valence-corrected chi connectivity index (χ2v) is 18.1. The molecule has 5 rings (SSSR count). The van der Waals surface area contributed by atoms with Crippen LogP contribution in [0, 0.1) is 0 Å². The molecule has 2 atom stereocenters. The van der Waals surface area contributed by atoms with E-state index in [1.165, 1.54) is 4.80 Å². The average molecular weight is 602 g/mol. The molecule has 4 aromatic rings. The molecule has 13 heteroatoms. The van der Waals surface area contributed by atoms with Gasteiger partial charge in [-0.1, -0.05) is 57.8 Å². The van der Waals surface area contributed by atoms with Crippen LogP contribution in [0.4, 0.5) is 5.69 Å². The van der Waals surface area contributed by atoms with Gasteiger partial charge in [0.1, 0.15) is 5.69 Å². The number of anilines is 1. The van der Waals surface area contributed by atoms with E-state index in [4.69, 9.17) is 27.6 Å². The van der Waals surface area contributed by atoms with Crippen molar-refractivity contribution in [2.45, 2.75) is 83.5 Å². The monoisotopic (exact) mass is 600 g/mol. The molecule has 2 unspecified atom stereocenters. The first-order valence-electron chi connectivity index (χ1n) is 13.2. The molecule has 40 heavy (non-hydrogen) atoms. The topological polar surface area (TPSA) is 112 Å². The number of hydrogen-bond acceptors (Lipinski definition) is 7. The minimum Gasteiger partial charge on any atom is -0.409 e. The maximum Gasteiger partial charge on any atom is 0.232 e. The minimum absolute atomic E-state index is 0.0777. The van der Waals surface area contributed by atoms with Gasteiger partial charge in [0.05, 0.1) is 40.8 Å². The summed E-state index contributed by atoms with van der Waals surface area (Å²) in [6, 6.07) is 3.36. The Kier molecular flexibility index (Phi) is 7.09. The summed E-state index contributed by atoms with van der Waals surface area (Å²) in [7, 11) is -1.98. The zero-order valence-corrected chi connectivity index (χ0v) is 26.5. The minimum atomic E-state index is -1.98. The van der Waals surface area contributed by atoms with E-state index in [-0.39, 0.29) is 22.5 Å². The molecule has 0 aromatic carbocycles. The predicted molar refractivity (Wildman–Crippen MR) is 158 cm³/mol. The number of pyridine rings is 1. The molecule has 0 radical (unpaired) electrons. The summed E-state index contributed by atoms with van der Waals surface area (Å²) >= 11 is 12.7. The smallest absolute Gasteiger partial charge is 0.232 e. The standard InChI is InChI=1S/C27H34Cl2N8O2Si/c1-15(39-40(7,8)26(2,3)4)20-14-32-37(34-20)24-19(28)9-16(12-31-24)33-25(38)17-11-27(5,6)23-18(17)13-30-22-10-21(29)35-36(22)23/h9-10,12-15,17H,11H2,1-8H3,(H,33,38). The van der Waals surface area contributed by atoms with Crippen molar-refractivity contribution >= 4 is 48.8 Å². The van der Waals surface area contributed by atoms with Crippen molar-refractivity contribution in [2.24, 2.45) is 0 Å². The zero-order valence-electron chi connectivity index (χ0n) is 24.0. The molecule has 1 amide bonds. The van der Waals surface area contributed by atoms with Crippen molar-refractivity contribution in [3.8, 4) is 5.82 Å². The van der Waals surface area contributed by atoms with E-state index in [2.05, 4.69) is 78.3 Å². The second kappa shape index (κ2) is 9.90. The predicted octanol–water partition coefficient (Wildman–Crippen LogP) is 6.50. The van der Waals surface area contributed by atoms with E-state index in [0.29, 0.717) is 39.4 Å². The largest absolute Gasteiger partial charge is 0.409 e. The molecule has 10 nitrogen and oxygen atoms in total. The Morgan fingerprint density at radius 2 is 1.88 bits per heavy atom. The van der Waals surface area contributed by atoms with Crippen LogP contribution in [-0.2, 0) is 14.6 Å². The van der Waals surface area contributed by atoms with Crippen molar-refractivity contribution in [1.29, 1.82) is 0 Å². The number of nitrogens with one attached hydrogen (secondary N) is 1. The zero-order chi connectivity index (χ0) is 29.2. The summed E-state index contributed by atoms with van der Waals surface area (Å²) < 4.78 is 8.19. The summed E-state index contributed by atoms with van der Waals surface area (Å²) in [5.74, 6) is -0.228. The van der Waals surface area contributed by atoms with Crippen LogP contribution in [0.3, 0.4) is 0 Å². The van der Waals surface area contributed by atoms with Crippen LogP contribution in [0.2, 0.25) is 28.3 Å². The number of aromatic nitrogens is 7. The Bertz CT molecular complexity index is 1610. The molecule has 1 aliphatic carbocycles. The van der Waals surface area contributed by atoms with Gasteiger partial charge in [-0.25, -0.2) is 14.5 Å². The third-order valence-electron chi connectivity index (χ3n) is 8.01. The third kappa shape index (κ3) is 5.15. The van der Waals surface area contributed by atoms with E-state index in [1.807, 2.05) is 6.92 Å². The molecule has 212 valence electrons. The van der Waals surface area contributed by atoms with Crippen LogP contribution in [0.5, 0.6) is 0 Å². The van der Waals surface area contributed by atoms with Gasteiger partial charge in [0.25, 0.3) is 0 Å². The Morgan fingerprint density at radius 1 is 1.15 bits per heavy atom. The van der Waals surface area contributed by atoms with Gasteiger partial charge in [-0.15, -0.1) is 9.90 Å². The molecule has 0 aliphatic heterocycles. The quantitative estimate of drug-likeness (QED) is 0.251. The fourth-order valence-corrected chi connectivity index (χ4v) is 6.69. The van der Waals surface area contributed by atoms with Gasteiger partial charge in [-0.3, -0.25) is 4.79 Å². The molecule has 4 heterocycles. The first-order chi connectivity index (χ1) is 18.6. The number of amides is 1. The number of hydrogen-bond donors (Lipinski definition) is 1. The lowest BCUT2D eigenvalue weighted by Gasteiger charge is -2.38. The Hall–Kier alpha value is -2.86. The van der Waals surface area contributed by atoms with Gasteiger partial charge in [0, 0.05) is 23.2 Å². The van der Waals surface area contributed by atoms with E-state index in [0.717, 1.165) is 11.3 Å². The van der Waals surface area contributed by atoms with Crippen LogP contribution in [-0.4, -0.2) is 48.8 Å². The second-order valence-electron chi connectivity index (χ2n) is 12.5. The van der Waals surface area contributed by atoms with Crippen molar-refractivity contribution in [2.75, 3.05) is 5.32 Å². The average Bonchev–Trinajstić information content (AvgIpc) is 3.53. The number of halogens is 2. The highest BCUT2D eigenvalue weighted by molar-refractivity contribution is 6.74.